The fourth-order valence-electron chi connectivity index (χ4n) is 5.25. The van der Waals surface area contributed by atoms with E-state index in [0.717, 1.165) is 12.0 Å². The average Bonchev–Trinajstić information content (AvgIpc) is 3.40. The molecule has 1 saturated carbocycles. The number of aromatic nitrogens is 2. The first kappa shape index (κ1) is 19.3. The maximum atomic E-state index is 6.65. The second kappa shape index (κ2) is 8.61. The Hall–Kier alpha value is -2.65. The second-order valence-corrected chi connectivity index (χ2v) is 8.72. The van der Waals surface area contributed by atoms with E-state index >= 15 is 0 Å². The summed E-state index contributed by atoms with van der Waals surface area (Å²) in [6, 6.07) is 17.7. The van der Waals surface area contributed by atoms with Crippen LogP contribution < -0.4 is 0 Å². The zero-order chi connectivity index (χ0) is 20.3. The molecule has 0 bridgehead atoms. The van der Waals surface area contributed by atoms with Gasteiger partial charge in [-0.2, -0.15) is 0 Å². The van der Waals surface area contributed by atoms with Gasteiger partial charge >= 0.3 is 0 Å². The highest BCUT2D eigenvalue weighted by Crippen LogP contribution is 2.43. The van der Waals surface area contributed by atoms with Crippen molar-refractivity contribution in [2.24, 2.45) is 5.92 Å². The van der Waals surface area contributed by atoms with E-state index in [1.165, 1.54) is 54.5 Å². The SMILES string of the molecule is C=Cc1ccc(COC(CC2c3ccccc3-c3cncn32)C2CCCCC2)cc1. The van der Waals surface area contributed by atoms with Gasteiger partial charge < -0.3 is 9.30 Å². The van der Waals surface area contributed by atoms with Gasteiger partial charge in [0.25, 0.3) is 0 Å². The molecule has 2 unspecified atom stereocenters. The van der Waals surface area contributed by atoms with Crippen LogP contribution in [0.15, 0.2) is 67.6 Å². The molecule has 3 nitrogen and oxygen atoms in total. The number of nitrogens with zero attached hydrogens (tertiary/aromatic N) is 2. The van der Waals surface area contributed by atoms with E-state index in [0.29, 0.717) is 18.6 Å². The van der Waals surface area contributed by atoms with Crippen molar-refractivity contribution in [2.75, 3.05) is 0 Å². The molecule has 30 heavy (non-hydrogen) atoms. The molecule has 3 aromatic rings. The molecular weight excluding hydrogens is 368 g/mol. The van der Waals surface area contributed by atoms with E-state index in [4.69, 9.17) is 4.74 Å². The van der Waals surface area contributed by atoms with Crippen LogP contribution in [0.3, 0.4) is 0 Å². The number of hydrogen-bond acceptors (Lipinski definition) is 2. The Balaban J connectivity index is 1.37. The van der Waals surface area contributed by atoms with Crippen molar-refractivity contribution in [2.45, 2.75) is 57.3 Å². The van der Waals surface area contributed by atoms with Gasteiger partial charge in [0.05, 0.1) is 37.0 Å². The third-order valence-corrected chi connectivity index (χ3v) is 6.91. The van der Waals surface area contributed by atoms with Crippen LogP contribution in [0.4, 0.5) is 0 Å². The molecule has 1 aliphatic heterocycles. The highest BCUT2D eigenvalue weighted by atomic mass is 16.5. The molecule has 0 saturated heterocycles. The Morgan fingerprint density at radius 3 is 2.67 bits per heavy atom. The molecule has 154 valence electrons. The first-order valence-corrected chi connectivity index (χ1v) is 11.3. The summed E-state index contributed by atoms with van der Waals surface area (Å²) < 4.78 is 9.00. The highest BCUT2D eigenvalue weighted by Gasteiger charge is 2.33. The van der Waals surface area contributed by atoms with Crippen molar-refractivity contribution in [1.82, 2.24) is 9.55 Å². The minimum atomic E-state index is 0.260. The predicted octanol–water partition coefficient (Wildman–Crippen LogP) is 6.65. The first-order valence-electron chi connectivity index (χ1n) is 11.3. The van der Waals surface area contributed by atoms with Gasteiger partial charge in [-0.05, 0) is 41.9 Å². The van der Waals surface area contributed by atoms with Crippen molar-refractivity contribution in [3.63, 3.8) is 0 Å². The lowest BCUT2D eigenvalue weighted by atomic mass is 9.82. The van der Waals surface area contributed by atoms with Gasteiger partial charge in [0.1, 0.15) is 0 Å². The van der Waals surface area contributed by atoms with Crippen LogP contribution in [0, 0.1) is 5.92 Å². The van der Waals surface area contributed by atoms with Gasteiger partial charge in [-0.15, -0.1) is 0 Å². The van der Waals surface area contributed by atoms with Crippen molar-refractivity contribution < 1.29 is 4.74 Å². The summed E-state index contributed by atoms with van der Waals surface area (Å²) in [5.41, 5.74) is 6.35. The van der Waals surface area contributed by atoms with E-state index in [1.807, 2.05) is 18.6 Å². The monoisotopic (exact) mass is 398 g/mol. The molecule has 2 atom stereocenters. The minimum absolute atomic E-state index is 0.260. The number of hydrogen-bond donors (Lipinski definition) is 0. The van der Waals surface area contributed by atoms with Crippen molar-refractivity contribution in [3.05, 3.63) is 84.3 Å². The van der Waals surface area contributed by atoms with E-state index in [1.54, 1.807) is 0 Å². The maximum Gasteiger partial charge on any atom is 0.0956 e. The minimum Gasteiger partial charge on any atom is -0.373 e. The molecule has 1 aromatic heterocycles. The molecule has 1 fully saturated rings. The summed E-state index contributed by atoms with van der Waals surface area (Å²) >= 11 is 0. The van der Waals surface area contributed by atoms with E-state index in [2.05, 4.69) is 64.7 Å². The molecule has 5 rings (SSSR count). The normalized spacial score (nSPS) is 19.3. The van der Waals surface area contributed by atoms with Gasteiger partial charge in [0, 0.05) is 5.56 Å². The number of ether oxygens (including phenoxy) is 1. The molecule has 0 N–H and O–H groups in total. The van der Waals surface area contributed by atoms with Gasteiger partial charge in [0.2, 0.25) is 0 Å². The van der Waals surface area contributed by atoms with Crippen molar-refractivity contribution >= 4 is 6.08 Å². The number of fused-ring (bicyclic) bond motifs is 3. The Labute approximate surface area is 179 Å². The number of benzene rings is 2. The van der Waals surface area contributed by atoms with Crippen LogP contribution in [-0.2, 0) is 11.3 Å². The van der Waals surface area contributed by atoms with Crippen molar-refractivity contribution in [3.8, 4) is 11.3 Å². The van der Waals surface area contributed by atoms with Crippen LogP contribution in [0.2, 0.25) is 0 Å². The Morgan fingerprint density at radius 1 is 1.07 bits per heavy atom. The topological polar surface area (TPSA) is 27.1 Å². The van der Waals surface area contributed by atoms with Crippen LogP contribution in [0.25, 0.3) is 17.3 Å². The van der Waals surface area contributed by atoms with Crippen LogP contribution in [0.5, 0.6) is 0 Å². The summed E-state index contributed by atoms with van der Waals surface area (Å²) in [6.07, 6.45) is 13.7. The van der Waals surface area contributed by atoms with Gasteiger partial charge in [-0.3, -0.25) is 0 Å². The third kappa shape index (κ3) is 3.75. The maximum absolute atomic E-state index is 6.65. The summed E-state index contributed by atoms with van der Waals surface area (Å²) in [4.78, 5) is 4.44. The molecule has 2 aromatic carbocycles. The smallest absolute Gasteiger partial charge is 0.0956 e. The molecule has 0 radical (unpaired) electrons. The molecule has 0 spiro atoms. The standard InChI is InChI=1S/C27H30N2O/c1-2-20-12-14-21(15-13-20)18-30-27(22-8-4-3-5-9-22)16-25-23-10-6-7-11-24(23)26-17-28-19-29(25)26/h2,6-7,10-15,17,19,22,25,27H,1,3-5,8-9,16,18H2. The van der Waals surface area contributed by atoms with Crippen LogP contribution in [0.1, 0.15) is 61.3 Å². The van der Waals surface area contributed by atoms with Gasteiger partial charge in [0.15, 0.2) is 0 Å². The van der Waals surface area contributed by atoms with Crippen LogP contribution >= 0.6 is 0 Å². The third-order valence-electron chi connectivity index (χ3n) is 6.91. The summed E-state index contributed by atoms with van der Waals surface area (Å²) in [5, 5.41) is 0. The molecule has 2 heterocycles. The number of rotatable bonds is 7. The average molecular weight is 399 g/mol. The molecule has 1 aliphatic carbocycles. The van der Waals surface area contributed by atoms with E-state index in [9.17, 15) is 0 Å². The molecule has 3 heteroatoms. The zero-order valence-corrected chi connectivity index (χ0v) is 17.5. The van der Waals surface area contributed by atoms with Crippen LogP contribution in [-0.4, -0.2) is 15.7 Å². The van der Waals surface area contributed by atoms with E-state index < -0.39 is 0 Å². The largest absolute Gasteiger partial charge is 0.373 e. The predicted molar refractivity (Wildman–Crippen MR) is 122 cm³/mol. The molecule has 0 amide bonds. The van der Waals surface area contributed by atoms with Gasteiger partial charge in [-0.1, -0.05) is 80.4 Å². The Morgan fingerprint density at radius 2 is 1.87 bits per heavy atom. The first-order chi connectivity index (χ1) is 14.8. The lowest BCUT2D eigenvalue weighted by molar-refractivity contribution is -0.0205. The van der Waals surface area contributed by atoms with Gasteiger partial charge in [-0.25, -0.2) is 4.98 Å². The lowest BCUT2D eigenvalue weighted by Crippen LogP contribution is -2.29. The fourth-order valence-corrected chi connectivity index (χ4v) is 5.25. The van der Waals surface area contributed by atoms with E-state index in [-0.39, 0.29) is 6.10 Å². The Kier molecular flexibility index (Phi) is 5.54. The molecular formula is C27H30N2O. The summed E-state index contributed by atoms with van der Waals surface area (Å²) in [7, 11) is 0. The quantitative estimate of drug-likeness (QED) is 0.445. The summed E-state index contributed by atoms with van der Waals surface area (Å²) in [6.45, 7) is 4.52. The van der Waals surface area contributed by atoms with Crippen molar-refractivity contribution in [1.29, 1.82) is 0 Å². The number of imidazole rings is 1. The lowest BCUT2D eigenvalue weighted by Gasteiger charge is -2.32. The second-order valence-electron chi connectivity index (χ2n) is 8.72. The molecule has 2 aliphatic rings. The Bertz CT molecular complexity index is 998. The summed E-state index contributed by atoms with van der Waals surface area (Å²) in [5.74, 6) is 0.644. The fraction of sp³-hybridized carbons (Fsp3) is 0.370. The highest BCUT2D eigenvalue weighted by molar-refractivity contribution is 5.68. The zero-order valence-electron chi connectivity index (χ0n) is 17.5.